The molecule has 120 valence electrons. The SMILES string of the molecule is CCCC(CCC)C(=O)NCCn1ccc(-c2ccsc2)n1. The van der Waals surface area contributed by atoms with Gasteiger partial charge in [-0.2, -0.15) is 16.4 Å². The second kappa shape index (κ2) is 8.73. The third-order valence-electron chi connectivity index (χ3n) is 3.74. The molecule has 0 aliphatic rings. The van der Waals surface area contributed by atoms with Crippen LogP contribution in [0.3, 0.4) is 0 Å². The molecule has 0 aliphatic heterocycles. The minimum absolute atomic E-state index is 0.161. The number of carbonyl (C=O) groups is 1. The summed E-state index contributed by atoms with van der Waals surface area (Å²) in [7, 11) is 0. The van der Waals surface area contributed by atoms with E-state index in [1.807, 2.05) is 16.9 Å². The van der Waals surface area contributed by atoms with Crippen LogP contribution in [0.5, 0.6) is 0 Å². The standard InChI is InChI=1S/C17H25N3OS/c1-3-5-14(6-4-2)17(21)18-9-11-20-10-7-16(19-20)15-8-12-22-13-15/h7-8,10,12-14H,3-6,9,11H2,1-2H3,(H,18,21). The molecule has 2 heterocycles. The van der Waals surface area contributed by atoms with Gasteiger partial charge in [-0.25, -0.2) is 0 Å². The molecule has 0 aromatic carbocycles. The van der Waals surface area contributed by atoms with Gasteiger partial charge in [0.2, 0.25) is 5.91 Å². The second-order valence-corrected chi connectivity index (χ2v) is 6.32. The lowest BCUT2D eigenvalue weighted by atomic mass is 9.97. The summed E-state index contributed by atoms with van der Waals surface area (Å²) in [4.78, 5) is 12.2. The van der Waals surface area contributed by atoms with Crippen molar-refractivity contribution in [2.24, 2.45) is 5.92 Å². The van der Waals surface area contributed by atoms with E-state index in [1.54, 1.807) is 11.3 Å². The van der Waals surface area contributed by atoms with Gasteiger partial charge in [-0.15, -0.1) is 0 Å². The van der Waals surface area contributed by atoms with E-state index in [2.05, 4.69) is 41.1 Å². The van der Waals surface area contributed by atoms with Crippen LogP contribution in [-0.4, -0.2) is 22.2 Å². The lowest BCUT2D eigenvalue weighted by Crippen LogP contribution is -2.33. The van der Waals surface area contributed by atoms with E-state index in [-0.39, 0.29) is 11.8 Å². The molecular weight excluding hydrogens is 294 g/mol. The van der Waals surface area contributed by atoms with Crippen molar-refractivity contribution in [3.8, 4) is 11.3 Å². The molecule has 0 atom stereocenters. The van der Waals surface area contributed by atoms with Crippen LogP contribution in [0.25, 0.3) is 11.3 Å². The lowest BCUT2D eigenvalue weighted by Gasteiger charge is -2.15. The van der Waals surface area contributed by atoms with E-state index in [0.717, 1.165) is 36.9 Å². The summed E-state index contributed by atoms with van der Waals surface area (Å²) in [6.07, 6.45) is 6.03. The summed E-state index contributed by atoms with van der Waals surface area (Å²) in [6.45, 7) is 5.60. The highest BCUT2D eigenvalue weighted by Crippen LogP contribution is 2.19. The fourth-order valence-electron chi connectivity index (χ4n) is 2.59. The third kappa shape index (κ3) is 4.70. The van der Waals surface area contributed by atoms with Crippen molar-refractivity contribution in [2.45, 2.75) is 46.1 Å². The molecule has 0 radical (unpaired) electrons. The number of amides is 1. The zero-order valence-electron chi connectivity index (χ0n) is 13.4. The van der Waals surface area contributed by atoms with Crippen LogP contribution in [0.4, 0.5) is 0 Å². The van der Waals surface area contributed by atoms with Crippen molar-refractivity contribution >= 4 is 17.2 Å². The summed E-state index contributed by atoms with van der Waals surface area (Å²) < 4.78 is 1.89. The number of thiophene rings is 1. The maximum absolute atomic E-state index is 12.2. The van der Waals surface area contributed by atoms with Crippen molar-refractivity contribution in [1.29, 1.82) is 0 Å². The van der Waals surface area contributed by atoms with Crippen LogP contribution in [0.2, 0.25) is 0 Å². The molecule has 0 saturated heterocycles. The normalized spacial score (nSPS) is 11.0. The first-order chi connectivity index (χ1) is 10.7. The first-order valence-electron chi connectivity index (χ1n) is 8.08. The summed E-state index contributed by atoms with van der Waals surface area (Å²) in [5.41, 5.74) is 2.14. The molecule has 5 heteroatoms. The van der Waals surface area contributed by atoms with Crippen molar-refractivity contribution in [2.75, 3.05) is 6.54 Å². The van der Waals surface area contributed by atoms with Gasteiger partial charge in [0.1, 0.15) is 0 Å². The van der Waals surface area contributed by atoms with Crippen LogP contribution in [-0.2, 0) is 11.3 Å². The molecule has 2 rings (SSSR count). The number of nitrogens with zero attached hydrogens (tertiary/aromatic N) is 2. The molecule has 0 spiro atoms. The predicted octanol–water partition coefficient (Wildman–Crippen LogP) is 3.94. The Kier molecular flexibility index (Phi) is 6.65. The topological polar surface area (TPSA) is 46.9 Å². The van der Waals surface area contributed by atoms with Crippen molar-refractivity contribution in [1.82, 2.24) is 15.1 Å². The first kappa shape index (κ1) is 16.7. The van der Waals surface area contributed by atoms with Gasteiger partial charge in [0, 0.05) is 29.6 Å². The molecule has 0 fully saturated rings. The zero-order chi connectivity index (χ0) is 15.8. The van der Waals surface area contributed by atoms with Gasteiger partial charge in [0.25, 0.3) is 0 Å². The number of rotatable bonds is 9. The number of hydrogen-bond donors (Lipinski definition) is 1. The molecule has 4 nitrogen and oxygen atoms in total. The Labute approximate surface area is 136 Å². The Morgan fingerprint density at radius 2 is 2.09 bits per heavy atom. The van der Waals surface area contributed by atoms with Gasteiger partial charge in [0.05, 0.1) is 12.2 Å². The fourth-order valence-corrected chi connectivity index (χ4v) is 3.24. The Balaban J connectivity index is 1.79. The Bertz CT molecular complexity index is 556. The quantitative estimate of drug-likeness (QED) is 0.761. The van der Waals surface area contributed by atoms with E-state index >= 15 is 0 Å². The molecular formula is C17H25N3OS. The largest absolute Gasteiger partial charge is 0.354 e. The van der Waals surface area contributed by atoms with E-state index in [1.165, 1.54) is 0 Å². The predicted molar refractivity (Wildman–Crippen MR) is 91.9 cm³/mol. The van der Waals surface area contributed by atoms with E-state index in [9.17, 15) is 4.79 Å². The van der Waals surface area contributed by atoms with Crippen LogP contribution in [0.1, 0.15) is 39.5 Å². The number of hydrogen-bond acceptors (Lipinski definition) is 3. The highest BCUT2D eigenvalue weighted by atomic mass is 32.1. The Morgan fingerprint density at radius 3 is 2.73 bits per heavy atom. The van der Waals surface area contributed by atoms with Crippen molar-refractivity contribution in [3.05, 3.63) is 29.1 Å². The average molecular weight is 319 g/mol. The fraction of sp³-hybridized carbons (Fsp3) is 0.529. The van der Waals surface area contributed by atoms with E-state index in [0.29, 0.717) is 13.1 Å². The zero-order valence-corrected chi connectivity index (χ0v) is 14.2. The summed E-state index contributed by atoms with van der Waals surface area (Å²) >= 11 is 1.67. The van der Waals surface area contributed by atoms with Crippen LogP contribution in [0.15, 0.2) is 29.1 Å². The minimum atomic E-state index is 0.161. The van der Waals surface area contributed by atoms with Crippen molar-refractivity contribution < 1.29 is 4.79 Å². The van der Waals surface area contributed by atoms with E-state index < -0.39 is 0 Å². The molecule has 0 saturated carbocycles. The van der Waals surface area contributed by atoms with Crippen LogP contribution < -0.4 is 5.32 Å². The number of carbonyl (C=O) groups excluding carboxylic acids is 1. The highest BCUT2D eigenvalue weighted by molar-refractivity contribution is 7.08. The molecule has 1 N–H and O–H groups in total. The van der Waals surface area contributed by atoms with Crippen LogP contribution in [0, 0.1) is 5.92 Å². The maximum atomic E-state index is 12.2. The minimum Gasteiger partial charge on any atom is -0.354 e. The van der Waals surface area contributed by atoms with Gasteiger partial charge in [-0.3, -0.25) is 9.48 Å². The van der Waals surface area contributed by atoms with Gasteiger partial charge < -0.3 is 5.32 Å². The van der Waals surface area contributed by atoms with E-state index in [4.69, 9.17) is 0 Å². The highest BCUT2D eigenvalue weighted by Gasteiger charge is 2.15. The second-order valence-electron chi connectivity index (χ2n) is 5.54. The van der Waals surface area contributed by atoms with Crippen molar-refractivity contribution in [3.63, 3.8) is 0 Å². The molecule has 1 amide bonds. The Hall–Kier alpha value is -1.62. The molecule has 0 unspecified atom stereocenters. The van der Waals surface area contributed by atoms with Gasteiger partial charge in [-0.05, 0) is 30.4 Å². The first-order valence-corrected chi connectivity index (χ1v) is 9.02. The van der Waals surface area contributed by atoms with Gasteiger partial charge in [-0.1, -0.05) is 26.7 Å². The number of nitrogens with one attached hydrogen (secondary N) is 1. The molecule has 2 aromatic rings. The monoisotopic (exact) mass is 319 g/mol. The molecule has 2 aromatic heterocycles. The molecule has 0 aliphatic carbocycles. The van der Waals surface area contributed by atoms with Gasteiger partial charge >= 0.3 is 0 Å². The average Bonchev–Trinajstić information content (AvgIpc) is 3.17. The Morgan fingerprint density at radius 1 is 1.32 bits per heavy atom. The van der Waals surface area contributed by atoms with Crippen LogP contribution >= 0.6 is 11.3 Å². The summed E-state index contributed by atoms with van der Waals surface area (Å²) in [6, 6.07) is 4.08. The third-order valence-corrected chi connectivity index (χ3v) is 4.43. The lowest BCUT2D eigenvalue weighted by molar-refractivity contribution is -0.125. The smallest absolute Gasteiger partial charge is 0.223 e. The summed E-state index contributed by atoms with van der Waals surface area (Å²) in [5.74, 6) is 0.350. The maximum Gasteiger partial charge on any atom is 0.223 e. The summed E-state index contributed by atoms with van der Waals surface area (Å²) in [5, 5.41) is 11.7. The van der Waals surface area contributed by atoms with Gasteiger partial charge in [0.15, 0.2) is 0 Å². The molecule has 0 bridgehead atoms. The number of aromatic nitrogens is 2. The molecule has 22 heavy (non-hydrogen) atoms.